The van der Waals surface area contributed by atoms with Gasteiger partial charge >= 0.3 is 5.97 Å². The van der Waals surface area contributed by atoms with Crippen LogP contribution < -0.4 is 10.1 Å². The number of rotatable bonds is 5. The van der Waals surface area contributed by atoms with Crippen LogP contribution in [0.3, 0.4) is 0 Å². The Balaban J connectivity index is 2.63. The van der Waals surface area contributed by atoms with Crippen molar-refractivity contribution in [1.82, 2.24) is 5.32 Å². The fraction of sp³-hybridized carbons (Fsp3) is 0.467. The van der Waals surface area contributed by atoms with Gasteiger partial charge in [0.2, 0.25) is 0 Å². The molecule has 0 radical (unpaired) electrons. The molecule has 1 N–H and O–H groups in total. The monoisotopic (exact) mass is 279 g/mol. The molecule has 0 aliphatic carbocycles. The van der Waals surface area contributed by atoms with Gasteiger partial charge in [0.25, 0.3) is 5.91 Å². The van der Waals surface area contributed by atoms with E-state index < -0.39 is 17.6 Å². The number of carbonyl (C=O) groups excluding carboxylic acids is 2. The third-order valence-electron chi connectivity index (χ3n) is 2.83. The summed E-state index contributed by atoms with van der Waals surface area (Å²) in [5.41, 5.74) is 0.0257. The van der Waals surface area contributed by atoms with E-state index in [1.54, 1.807) is 32.9 Å². The van der Waals surface area contributed by atoms with Crippen LogP contribution in [0.5, 0.6) is 5.75 Å². The summed E-state index contributed by atoms with van der Waals surface area (Å²) in [5.74, 6) is -0.275. The largest absolute Gasteiger partial charge is 0.481 e. The number of hydrogen-bond acceptors (Lipinski definition) is 4. The summed E-state index contributed by atoms with van der Waals surface area (Å²) in [7, 11) is 1.28. The highest BCUT2D eigenvalue weighted by Crippen LogP contribution is 2.14. The van der Waals surface area contributed by atoms with Crippen molar-refractivity contribution in [2.24, 2.45) is 0 Å². The van der Waals surface area contributed by atoms with Gasteiger partial charge in [-0.3, -0.25) is 4.79 Å². The molecular weight excluding hydrogens is 258 g/mol. The van der Waals surface area contributed by atoms with Crippen LogP contribution in [0.1, 0.15) is 26.3 Å². The highest BCUT2D eigenvalue weighted by atomic mass is 16.5. The zero-order valence-electron chi connectivity index (χ0n) is 12.5. The molecule has 1 aromatic carbocycles. The molecule has 0 aliphatic heterocycles. The van der Waals surface area contributed by atoms with E-state index in [1.165, 1.54) is 7.11 Å². The molecule has 5 nitrogen and oxygen atoms in total. The molecule has 0 spiro atoms. The molecule has 20 heavy (non-hydrogen) atoms. The normalized spacial score (nSPS) is 12.4. The first kappa shape index (κ1) is 16.0. The van der Waals surface area contributed by atoms with Crippen molar-refractivity contribution in [2.75, 3.05) is 7.11 Å². The van der Waals surface area contributed by atoms with Gasteiger partial charge in [0.15, 0.2) is 6.10 Å². The van der Waals surface area contributed by atoms with Crippen LogP contribution in [0.4, 0.5) is 0 Å². The predicted octanol–water partition coefficient (Wildman–Crippen LogP) is 1.83. The average Bonchev–Trinajstić information content (AvgIpc) is 2.39. The molecular formula is C15H21NO4. The lowest BCUT2D eigenvalue weighted by molar-refractivity contribution is -0.150. The smallest absolute Gasteiger partial charge is 0.330 e. The molecule has 110 valence electrons. The van der Waals surface area contributed by atoms with Crippen molar-refractivity contribution in [1.29, 1.82) is 0 Å². The fourth-order valence-electron chi connectivity index (χ4n) is 1.59. The third kappa shape index (κ3) is 4.26. The number of methoxy groups -OCH3 is 1. The Bertz CT molecular complexity index is 479. The number of carbonyl (C=O) groups is 2. The molecule has 1 aromatic rings. The SMILES string of the molecule is COC(=O)C(C)(C)NC(=O)[C@@H](C)Oc1ccc(C)cc1. The van der Waals surface area contributed by atoms with Crippen molar-refractivity contribution in [2.45, 2.75) is 39.3 Å². The number of esters is 1. The Hall–Kier alpha value is -2.04. The first-order valence-electron chi connectivity index (χ1n) is 6.40. The summed E-state index contributed by atoms with van der Waals surface area (Å²) in [4.78, 5) is 23.5. The quantitative estimate of drug-likeness (QED) is 0.835. The van der Waals surface area contributed by atoms with E-state index >= 15 is 0 Å². The van der Waals surface area contributed by atoms with E-state index in [0.29, 0.717) is 5.75 Å². The second-order valence-electron chi connectivity index (χ2n) is 5.18. The first-order valence-corrected chi connectivity index (χ1v) is 6.40. The van der Waals surface area contributed by atoms with Gasteiger partial charge in [0.1, 0.15) is 11.3 Å². The number of amides is 1. The number of benzene rings is 1. The van der Waals surface area contributed by atoms with Crippen LogP contribution in [-0.4, -0.2) is 30.6 Å². The predicted molar refractivity (Wildman–Crippen MR) is 75.5 cm³/mol. The van der Waals surface area contributed by atoms with Crippen molar-refractivity contribution in [3.63, 3.8) is 0 Å². The molecule has 0 saturated carbocycles. The van der Waals surface area contributed by atoms with Crippen LogP contribution in [0.25, 0.3) is 0 Å². The summed E-state index contributed by atoms with van der Waals surface area (Å²) < 4.78 is 10.2. The maximum absolute atomic E-state index is 12.0. The molecule has 0 saturated heterocycles. The highest BCUT2D eigenvalue weighted by Gasteiger charge is 2.32. The summed E-state index contributed by atoms with van der Waals surface area (Å²) >= 11 is 0. The maximum atomic E-state index is 12.0. The van der Waals surface area contributed by atoms with E-state index in [0.717, 1.165) is 5.56 Å². The van der Waals surface area contributed by atoms with E-state index in [1.807, 2.05) is 19.1 Å². The molecule has 0 heterocycles. The lowest BCUT2D eigenvalue weighted by atomic mass is 10.1. The fourth-order valence-corrected chi connectivity index (χ4v) is 1.59. The average molecular weight is 279 g/mol. The summed E-state index contributed by atoms with van der Waals surface area (Å²) in [5, 5.41) is 2.60. The van der Waals surface area contributed by atoms with Crippen molar-refractivity contribution >= 4 is 11.9 Å². The van der Waals surface area contributed by atoms with E-state index in [2.05, 4.69) is 10.1 Å². The topological polar surface area (TPSA) is 64.6 Å². The number of ether oxygens (including phenoxy) is 2. The van der Waals surface area contributed by atoms with Gasteiger partial charge in [-0.05, 0) is 39.8 Å². The molecule has 0 bridgehead atoms. The Morgan fingerprint density at radius 2 is 1.75 bits per heavy atom. The second-order valence-corrected chi connectivity index (χ2v) is 5.18. The molecule has 1 rings (SSSR count). The zero-order valence-corrected chi connectivity index (χ0v) is 12.5. The highest BCUT2D eigenvalue weighted by molar-refractivity contribution is 5.89. The van der Waals surface area contributed by atoms with E-state index in [-0.39, 0.29) is 5.91 Å². The first-order chi connectivity index (χ1) is 9.26. The Labute approximate surface area is 119 Å². The van der Waals surface area contributed by atoms with Crippen LogP contribution in [0.15, 0.2) is 24.3 Å². The number of nitrogens with one attached hydrogen (secondary N) is 1. The lowest BCUT2D eigenvalue weighted by Gasteiger charge is -2.25. The van der Waals surface area contributed by atoms with Crippen LogP contribution in [-0.2, 0) is 14.3 Å². The zero-order chi connectivity index (χ0) is 15.3. The molecule has 0 aliphatic rings. The van der Waals surface area contributed by atoms with E-state index in [4.69, 9.17) is 4.74 Å². The van der Waals surface area contributed by atoms with Crippen molar-refractivity contribution in [3.8, 4) is 5.75 Å². The molecule has 1 amide bonds. The van der Waals surface area contributed by atoms with Gasteiger partial charge in [-0.1, -0.05) is 17.7 Å². The number of hydrogen-bond donors (Lipinski definition) is 1. The molecule has 0 fully saturated rings. The van der Waals surface area contributed by atoms with Crippen LogP contribution in [0.2, 0.25) is 0 Å². The molecule has 0 unspecified atom stereocenters. The van der Waals surface area contributed by atoms with Gasteiger partial charge in [-0.25, -0.2) is 4.79 Å². The second kappa shape index (κ2) is 6.41. The van der Waals surface area contributed by atoms with Gasteiger partial charge in [-0.15, -0.1) is 0 Å². The lowest BCUT2D eigenvalue weighted by Crippen LogP contribution is -2.53. The Kier molecular flexibility index (Phi) is 5.13. The van der Waals surface area contributed by atoms with Crippen molar-refractivity contribution in [3.05, 3.63) is 29.8 Å². The van der Waals surface area contributed by atoms with Crippen molar-refractivity contribution < 1.29 is 19.1 Å². The minimum Gasteiger partial charge on any atom is -0.481 e. The van der Waals surface area contributed by atoms with Gasteiger partial charge in [0.05, 0.1) is 7.11 Å². The van der Waals surface area contributed by atoms with Crippen LogP contribution in [0, 0.1) is 6.92 Å². The minimum absolute atomic E-state index is 0.374. The Morgan fingerprint density at radius 1 is 1.20 bits per heavy atom. The maximum Gasteiger partial charge on any atom is 0.330 e. The third-order valence-corrected chi connectivity index (χ3v) is 2.83. The van der Waals surface area contributed by atoms with Crippen LogP contribution >= 0.6 is 0 Å². The van der Waals surface area contributed by atoms with Gasteiger partial charge in [-0.2, -0.15) is 0 Å². The molecule has 5 heteroatoms. The van der Waals surface area contributed by atoms with E-state index in [9.17, 15) is 9.59 Å². The van der Waals surface area contributed by atoms with Gasteiger partial charge < -0.3 is 14.8 Å². The number of aryl methyl sites for hydroxylation is 1. The molecule has 0 aromatic heterocycles. The minimum atomic E-state index is -1.09. The van der Waals surface area contributed by atoms with Gasteiger partial charge in [0, 0.05) is 0 Å². The summed E-state index contributed by atoms with van der Waals surface area (Å²) in [6.45, 7) is 6.76. The summed E-state index contributed by atoms with van der Waals surface area (Å²) in [6.07, 6.45) is -0.707. The standard InChI is InChI=1S/C15H21NO4/c1-10-6-8-12(9-7-10)20-11(2)13(17)16-15(3,4)14(18)19-5/h6-9,11H,1-5H3,(H,16,17)/t11-/m1/s1. The molecule has 1 atom stereocenters. The summed E-state index contributed by atoms with van der Waals surface area (Å²) in [6, 6.07) is 7.39. The Morgan fingerprint density at radius 3 is 2.25 bits per heavy atom.